The Bertz CT molecular complexity index is 236. The van der Waals surface area contributed by atoms with E-state index in [4.69, 9.17) is 0 Å². The molecule has 0 aliphatic carbocycles. The van der Waals surface area contributed by atoms with Crippen LogP contribution in [0.4, 0.5) is 0 Å². The fourth-order valence-electron chi connectivity index (χ4n) is 1.08. The van der Waals surface area contributed by atoms with Crippen molar-refractivity contribution in [1.82, 2.24) is 0 Å². The molecule has 0 heterocycles. The fraction of sp³-hybridized carbons (Fsp3) is 0.455. The van der Waals surface area contributed by atoms with E-state index >= 15 is 0 Å². The highest BCUT2D eigenvalue weighted by Gasteiger charge is 2.32. The average Bonchev–Trinajstić information content (AvgIpc) is 2.06. The molecule has 0 nitrogen and oxygen atoms in total. The molecule has 0 aromatic heterocycles. The molecule has 1 rings (SSSR count). The van der Waals surface area contributed by atoms with Crippen molar-refractivity contribution >= 4 is 10.9 Å². The number of hydrogen-bond donors (Lipinski definition) is 0. The molecule has 1 aromatic carbocycles. The van der Waals surface area contributed by atoms with Crippen molar-refractivity contribution in [2.24, 2.45) is 0 Å². The lowest BCUT2D eigenvalue weighted by molar-refractivity contribution is 0.775. The van der Waals surface area contributed by atoms with Crippen LogP contribution >= 0.6 is 0 Å². The summed E-state index contributed by atoms with van der Waals surface area (Å²) in [5.41, 5.74) is 1.44. The topological polar surface area (TPSA) is 0 Å². The van der Waals surface area contributed by atoms with Gasteiger partial charge in [-0.25, -0.2) is 0 Å². The molecule has 1 aromatic rings. The van der Waals surface area contributed by atoms with Crippen molar-refractivity contribution in [1.29, 1.82) is 0 Å². The van der Waals surface area contributed by atoms with Gasteiger partial charge in [-0.1, -0.05) is 30.3 Å². The van der Waals surface area contributed by atoms with Crippen molar-refractivity contribution in [2.75, 3.05) is 12.5 Å². The maximum Gasteiger partial charge on any atom is 0.147 e. The van der Waals surface area contributed by atoms with Crippen LogP contribution in [0.2, 0.25) is 0 Å². The van der Waals surface area contributed by atoms with Crippen LogP contribution in [0.3, 0.4) is 0 Å². The average molecular weight is 181 g/mol. The molecule has 0 amide bonds. The molecule has 0 fully saturated rings. The minimum atomic E-state index is 0.321. The van der Waals surface area contributed by atoms with Gasteiger partial charge in [0.2, 0.25) is 0 Å². The summed E-state index contributed by atoms with van der Waals surface area (Å²) in [5.74, 6) is 0. The lowest BCUT2D eigenvalue weighted by Crippen LogP contribution is -2.27. The van der Waals surface area contributed by atoms with Gasteiger partial charge in [0.25, 0.3) is 0 Å². The molecule has 0 aliphatic rings. The summed E-state index contributed by atoms with van der Waals surface area (Å²) in [6.45, 7) is 4.62. The molecule has 0 bridgehead atoms. The summed E-state index contributed by atoms with van der Waals surface area (Å²) < 4.78 is 0.321. The highest BCUT2D eigenvalue weighted by Crippen LogP contribution is 2.28. The zero-order chi connectivity index (χ0) is 9.19. The molecule has 12 heavy (non-hydrogen) atoms. The molecule has 0 saturated heterocycles. The van der Waals surface area contributed by atoms with Gasteiger partial charge in [-0.05, 0) is 24.7 Å². The smallest absolute Gasteiger partial charge is 0.0622 e. The first-order valence-corrected chi connectivity index (χ1v) is 6.22. The largest absolute Gasteiger partial charge is 0.147 e. The second-order valence-electron chi connectivity index (χ2n) is 3.69. The Morgan fingerprint density at radius 2 is 1.50 bits per heavy atom. The lowest BCUT2D eigenvalue weighted by atomic mass is 10.0. The second kappa shape index (κ2) is 3.53. The highest BCUT2D eigenvalue weighted by atomic mass is 32.2. The molecular formula is C11H17S+. The third-order valence-corrected chi connectivity index (χ3v) is 4.77. The van der Waals surface area contributed by atoms with Crippen molar-refractivity contribution in [3.63, 3.8) is 0 Å². The number of benzene rings is 1. The van der Waals surface area contributed by atoms with Crippen LogP contribution in [0.15, 0.2) is 30.3 Å². The maximum absolute atomic E-state index is 2.31. The molecule has 0 saturated carbocycles. The molecule has 66 valence electrons. The Morgan fingerprint density at radius 1 is 1.00 bits per heavy atom. The third-order valence-electron chi connectivity index (χ3n) is 2.49. The normalized spacial score (nSPS) is 12.1. The van der Waals surface area contributed by atoms with E-state index in [1.54, 1.807) is 0 Å². The SMILES string of the molecule is C[S+](C)C(C)(C)c1ccccc1. The van der Waals surface area contributed by atoms with Crippen molar-refractivity contribution in [3.8, 4) is 0 Å². The van der Waals surface area contributed by atoms with E-state index in [9.17, 15) is 0 Å². The molecule has 1 heteroatoms. The highest BCUT2D eigenvalue weighted by molar-refractivity contribution is 7.96. The van der Waals surface area contributed by atoms with Gasteiger partial charge in [0.05, 0.1) is 12.5 Å². The van der Waals surface area contributed by atoms with Crippen LogP contribution in [-0.4, -0.2) is 12.5 Å². The Morgan fingerprint density at radius 3 is 1.92 bits per heavy atom. The van der Waals surface area contributed by atoms with E-state index in [1.807, 2.05) is 0 Å². The lowest BCUT2D eigenvalue weighted by Gasteiger charge is -2.21. The van der Waals surface area contributed by atoms with Gasteiger partial charge in [-0.3, -0.25) is 0 Å². The Balaban J connectivity index is 2.98. The molecule has 0 unspecified atom stereocenters. The van der Waals surface area contributed by atoms with Gasteiger partial charge in [-0.15, -0.1) is 0 Å². The van der Waals surface area contributed by atoms with E-state index < -0.39 is 0 Å². The molecule has 0 N–H and O–H groups in total. The van der Waals surface area contributed by atoms with Gasteiger partial charge in [0, 0.05) is 5.56 Å². The van der Waals surface area contributed by atoms with Crippen LogP contribution in [0.1, 0.15) is 19.4 Å². The van der Waals surface area contributed by atoms with Crippen LogP contribution in [0, 0.1) is 0 Å². The van der Waals surface area contributed by atoms with Gasteiger partial charge in [0.15, 0.2) is 0 Å². The molecule has 0 spiro atoms. The molecular weight excluding hydrogens is 164 g/mol. The van der Waals surface area contributed by atoms with Crippen molar-refractivity contribution < 1.29 is 0 Å². The minimum Gasteiger partial charge on any atom is -0.0622 e. The third kappa shape index (κ3) is 1.84. The summed E-state index contributed by atoms with van der Waals surface area (Å²) in [6, 6.07) is 10.7. The first kappa shape index (κ1) is 9.66. The van der Waals surface area contributed by atoms with Crippen LogP contribution in [0.5, 0.6) is 0 Å². The minimum absolute atomic E-state index is 0.321. The summed E-state index contributed by atoms with van der Waals surface area (Å²) in [5, 5.41) is 0. The van der Waals surface area contributed by atoms with E-state index in [-0.39, 0.29) is 0 Å². The zero-order valence-electron chi connectivity index (χ0n) is 8.29. The summed E-state index contributed by atoms with van der Waals surface area (Å²) in [7, 11) is 0.423. The summed E-state index contributed by atoms with van der Waals surface area (Å²) >= 11 is 0. The zero-order valence-corrected chi connectivity index (χ0v) is 9.11. The maximum atomic E-state index is 2.31. The predicted molar refractivity (Wildman–Crippen MR) is 58.7 cm³/mol. The van der Waals surface area contributed by atoms with Crippen molar-refractivity contribution in [2.45, 2.75) is 18.6 Å². The van der Waals surface area contributed by atoms with Crippen LogP contribution in [0.25, 0.3) is 0 Å². The molecule has 0 aliphatic heterocycles. The monoisotopic (exact) mass is 181 g/mol. The van der Waals surface area contributed by atoms with Crippen LogP contribution < -0.4 is 0 Å². The van der Waals surface area contributed by atoms with E-state index in [1.165, 1.54) is 5.56 Å². The predicted octanol–water partition coefficient (Wildman–Crippen LogP) is 2.80. The van der Waals surface area contributed by atoms with Gasteiger partial charge in [0.1, 0.15) is 4.75 Å². The Labute approximate surface area is 78.3 Å². The van der Waals surface area contributed by atoms with Gasteiger partial charge >= 0.3 is 0 Å². The quantitative estimate of drug-likeness (QED) is 0.615. The van der Waals surface area contributed by atoms with E-state index in [0.717, 1.165) is 0 Å². The summed E-state index contributed by atoms with van der Waals surface area (Å²) in [6.07, 6.45) is 4.60. The first-order valence-electron chi connectivity index (χ1n) is 4.18. The Kier molecular flexibility index (Phi) is 2.84. The molecule has 0 radical (unpaired) electrons. The summed E-state index contributed by atoms with van der Waals surface area (Å²) in [4.78, 5) is 0. The fourth-order valence-corrected chi connectivity index (χ4v) is 1.68. The van der Waals surface area contributed by atoms with Crippen LogP contribution in [-0.2, 0) is 15.6 Å². The van der Waals surface area contributed by atoms with E-state index in [0.29, 0.717) is 15.6 Å². The Hall–Kier alpha value is -0.430. The molecule has 0 atom stereocenters. The second-order valence-corrected chi connectivity index (χ2v) is 6.35. The number of hydrogen-bond acceptors (Lipinski definition) is 0. The van der Waals surface area contributed by atoms with Gasteiger partial charge in [-0.2, -0.15) is 0 Å². The van der Waals surface area contributed by atoms with Crippen molar-refractivity contribution in [3.05, 3.63) is 35.9 Å². The number of rotatable bonds is 2. The van der Waals surface area contributed by atoms with Gasteiger partial charge < -0.3 is 0 Å². The van der Waals surface area contributed by atoms with E-state index in [2.05, 4.69) is 56.7 Å². The first-order chi connectivity index (χ1) is 5.55. The standard InChI is InChI=1S/C11H17S/c1-11(2,12(3)4)10-8-6-5-7-9-10/h5-9H,1-4H3/q+1.